The molecule has 1 saturated heterocycles. The van der Waals surface area contributed by atoms with E-state index in [1.807, 2.05) is 7.05 Å². The average Bonchev–Trinajstić information content (AvgIpc) is 2.73. The zero-order valence-electron chi connectivity index (χ0n) is 19.1. The first-order valence-electron chi connectivity index (χ1n) is 10.9. The topological polar surface area (TPSA) is 42.9 Å². The third kappa shape index (κ3) is 8.06. The Morgan fingerprint density at radius 3 is 2.24 bits per heavy atom. The van der Waals surface area contributed by atoms with Gasteiger partial charge in [0.15, 0.2) is 5.96 Å². The highest BCUT2D eigenvalue weighted by Crippen LogP contribution is 2.30. The van der Waals surface area contributed by atoms with Crippen LogP contribution in [0.4, 0.5) is 0 Å². The summed E-state index contributed by atoms with van der Waals surface area (Å²) in [6.45, 7) is 14.6. The van der Waals surface area contributed by atoms with E-state index in [1.165, 1.54) is 31.7 Å². The maximum atomic E-state index is 4.46. The Hall–Kier alpha value is -0.860. The number of aliphatic imine (C=N–C) groups is 1. The number of likely N-dealkylation sites (N-methyl/N-ethyl adjacent to an activating group) is 1. The van der Waals surface area contributed by atoms with E-state index in [2.05, 4.69) is 83.6 Å². The molecule has 29 heavy (non-hydrogen) atoms. The van der Waals surface area contributed by atoms with Crippen LogP contribution >= 0.6 is 24.0 Å². The molecule has 1 aromatic carbocycles. The van der Waals surface area contributed by atoms with Crippen molar-refractivity contribution in [1.29, 1.82) is 0 Å². The van der Waals surface area contributed by atoms with Gasteiger partial charge in [0.25, 0.3) is 0 Å². The number of rotatable bonds is 9. The standard InChI is InChI=1S/C23H41N5.HI/c1-6-23(7-2,21-11-9-8-10-12-21)19-26-22(24-4)25-17-20(3)18-28-15-13-27(5)14-16-28;/h8-12,20H,6-7,13-19H2,1-5H3,(H2,24,25,26);1H. The molecule has 1 fully saturated rings. The van der Waals surface area contributed by atoms with Crippen molar-refractivity contribution in [2.45, 2.75) is 39.0 Å². The fourth-order valence-corrected chi connectivity index (χ4v) is 4.08. The highest BCUT2D eigenvalue weighted by Gasteiger charge is 2.28. The lowest BCUT2D eigenvalue weighted by molar-refractivity contribution is 0.139. The van der Waals surface area contributed by atoms with Crippen LogP contribution in [0.1, 0.15) is 39.2 Å². The maximum Gasteiger partial charge on any atom is 0.191 e. The van der Waals surface area contributed by atoms with Gasteiger partial charge in [-0.05, 0) is 31.4 Å². The molecule has 0 saturated carbocycles. The van der Waals surface area contributed by atoms with Crippen LogP contribution in [0, 0.1) is 5.92 Å². The molecule has 0 spiro atoms. The van der Waals surface area contributed by atoms with Gasteiger partial charge in [-0.15, -0.1) is 24.0 Å². The molecule has 1 heterocycles. The fraction of sp³-hybridized carbons (Fsp3) is 0.696. The lowest BCUT2D eigenvalue weighted by atomic mass is 9.76. The van der Waals surface area contributed by atoms with Crippen molar-refractivity contribution in [3.05, 3.63) is 35.9 Å². The molecule has 0 amide bonds. The minimum atomic E-state index is 0. The summed E-state index contributed by atoms with van der Waals surface area (Å²) in [5.74, 6) is 1.51. The van der Waals surface area contributed by atoms with Crippen LogP contribution in [-0.4, -0.2) is 75.7 Å². The SMILES string of the molecule is CCC(CC)(CNC(=NC)NCC(C)CN1CCN(C)CC1)c1ccccc1.I. The number of nitrogens with zero attached hydrogens (tertiary/aromatic N) is 3. The van der Waals surface area contributed by atoms with Crippen LogP contribution in [-0.2, 0) is 5.41 Å². The monoisotopic (exact) mass is 515 g/mol. The molecule has 0 bridgehead atoms. The number of halogens is 1. The number of piperazine rings is 1. The normalized spacial score (nSPS) is 17.5. The molecule has 1 atom stereocenters. The molecule has 0 aromatic heterocycles. The van der Waals surface area contributed by atoms with Gasteiger partial charge in [0, 0.05) is 58.3 Å². The molecular formula is C23H42IN5. The molecule has 1 aromatic rings. The Morgan fingerprint density at radius 2 is 1.69 bits per heavy atom. The third-order valence-corrected chi connectivity index (χ3v) is 6.34. The van der Waals surface area contributed by atoms with Gasteiger partial charge in [-0.2, -0.15) is 0 Å². The van der Waals surface area contributed by atoms with Crippen molar-refractivity contribution >= 4 is 29.9 Å². The summed E-state index contributed by atoms with van der Waals surface area (Å²) in [7, 11) is 4.07. The highest BCUT2D eigenvalue weighted by molar-refractivity contribution is 14.0. The minimum absolute atomic E-state index is 0. The molecule has 5 nitrogen and oxygen atoms in total. The van der Waals surface area contributed by atoms with Crippen LogP contribution in [0.15, 0.2) is 35.3 Å². The predicted octanol–water partition coefficient (Wildman–Crippen LogP) is 3.41. The van der Waals surface area contributed by atoms with Gasteiger partial charge in [0.1, 0.15) is 0 Å². The van der Waals surface area contributed by atoms with Gasteiger partial charge in [-0.1, -0.05) is 51.1 Å². The molecular weight excluding hydrogens is 473 g/mol. The van der Waals surface area contributed by atoms with Crippen LogP contribution in [0.5, 0.6) is 0 Å². The number of benzene rings is 1. The molecule has 1 aliphatic heterocycles. The third-order valence-electron chi connectivity index (χ3n) is 6.34. The van der Waals surface area contributed by atoms with Gasteiger partial charge in [0.2, 0.25) is 0 Å². The van der Waals surface area contributed by atoms with Crippen molar-refractivity contribution < 1.29 is 0 Å². The first-order valence-corrected chi connectivity index (χ1v) is 10.9. The summed E-state index contributed by atoms with van der Waals surface area (Å²) in [5.41, 5.74) is 1.55. The van der Waals surface area contributed by atoms with E-state index < -0.39 is 0 Å². The summed E-state index contributed by atoms with van der Waals surface area (Å²) in [4.78, 5) is 9.45. The number of guanidine groups is 1. The molecule has 6 heteroatoms. The summed E-state index contributed by atoms with van der Waals surface area (Å²) in [5, 5.41) is 7.14. The lowest BCUT2D eigenvalue weighted by Crippen LogP contribution is -2.49. The van der Waals surface area contributed by atoms with Gasteiger partial charge in [0.05, 0.1) is 0 Å². The zero-order chi connectivity index (χ0) is 20.4. The van der Waals surface area contributed by atoms with Gasteiger partial charge in [-0.3, -0.25) is 4.99 Å². The molecule has 0 aliphatic carbocycles. The van der Waals surface area contributed by atoms with E-state index in [9.17, 15) is 0 Å². The molecule has 2 rings (SSSR count). The summed E-state index contributed by atoms with van der Waals surface area (Å²) in [6.07, 6.45) is 2.22. The Morgan fingerprint density at radius 1 is 1.07 bits per heavy atom. The predicted molar refractivity (Wildman–Crippen MR) is 137 cm³/mol. The number of nitrogens with one attached hydrogen (secondary N) is 2. The van der Waals surface area contributed by atoms with Crippen molar-refractivity contribution in [3.8, 4) is 0 Å². The number of hydrogen-bond acceptors (Lipinski definition) is 3. The Bertz CT molecular complexity index is 580. The van der Waals surface area contributed by atoms with E-state index in [4.69, 9.17) is 0 Å². The highest BCUT2D eigenvalue weighted by atomic mass is 127. The van der Waals surface area contributed by atoms with Crippen molar-refractivity contribution in [2.75, 3.05) is 59.9 Å². The Balaban J connectivity index is 0.00000420. The second-order valence-electron chi connectivity index (χ2n) is 8.37. The van der Waals surface area contributed by atoms with Crippen LogP contribution in [0.2, 0.25) is 0 Å². The van der Waals surface area contributed by atoms with E-state index in [1.54, 1.807) is 0 Å². The second kappa shape index (κ2) is 13.4. The summed E-state index contributed by atoms with van der Waals surface area (Å²) >= 11 is 0. The van der Waals surface area contributed by atoms with E-state index >= 15 is 0 Å². The van der Waals surface area contributed by atoms with E-state index in [0.29, 0.717) is 5.92 Å². The first-order chi connectivity index (χ1) is 13.5. The maximum absolute atomic E-state index is 4.46. The van der Waals surface area contributed by atoms with E-state index in [-0.39, 0.29) is 29.4 Å². The smallest absolute Gasteiger partial charge is 0.191 e. The van der Waals surface area contributed by atoms with E-state index in [0.717, 1.165) is 38.4 Å². The van der Waals surface area contributed by atoms with Crippen LogP contribution in [0.3, 0.4) is 0 Å². The van der Waals surface area contributed by atoms with Gasteiger partial charge >= 0.3 is 0 Å². The molecule has 166 valence electrons. The lowest BCUT2D eigenvalue weighted by Gasteiger charge is -2.34. The minimum Gasteiger partial charge on any atom is -0.356 e. The second-order valence-corrected chi connectivity index (χ2v) is 8.37. The molecule has 2 N–H and O–H groups in total. The van der Waals surface area contributed by atoms with Crippen molar-refractivity contribution in [2.24, 2.45) is 10.9 Å². The largest absolute Gasteiger partial charge is 0.356 e. The van der Waals surface area contributed by atoms with Crippen LogP contribution < -0.4 is 10.6 Å². The molecule has 1 unspecified atom stereocenters. The first kappa shape index (κ1) is 26.2. The van der Waals surface area contributed by atoms with Gasteiger partial charge < -0.3 is 20.4 Å². The number of hydrogen-bond donors (Lipinski definition) is 2. The van der Waals surface area contributed by atoms with Crippen molar-refractivity contribution in [3.63, 3.8) is 0 Å². The molecule has 0 radical (unpaired) electrons. The average molecular weight is 516 g/mol. The van der Waals surface area contributed by atoms with Crippen LogP contribution in [0.25, 0.3) is 0 Å². The fourth-order valence-electron chi connectivity index (χ4n) is 4.08. The molecule has 1 aliphatic rings. The Labute approximate surface area is 195 Å². The zero-order valence-corrected chi connectivity index (χ0v) is 21.4. The summed E-state index contributed by atoms with van der Waals surface area (Å²) < 4.78 is 0. The van der Waals surface area contributed by atoms with Gasteiger partial charge in [-0.25, -0.2) is 0 Å². The Kier molecular flexibility index (Phi) is 12.1. The quantitative estimate of drug-likeness (QED) is 0.301. The van der Waals surface area contributed by atoms with Crippen molar-refractivity contribution in [1.82, 2.24) is 20.4 Å². The summed E-state index contributed by atoms with van der Waals surface area (Å²) in [6, 6.07) is 10.9.